The van der Waals surface area contributed by atoms with Crippen molar-refractivity contribution in [3.8, 4) is 0 Å². The van der Waals surface area contributed by atoms with E-state index >= 15 is 0 Å². The summed E-state index contributed by atoms with van der Waals surface area (Å²) in [5.41, 5.74) is 2.80. The van der Waals surface area contributed by atoms with Crippen LogP contribution in [0.3, 0.4) is 0 Å². The van der Waals surface area contributed by atoms with Gasteiger partial charge in [0.05, 0.1) is 11.5 Å². The van der Waals surface area contributed by atoms with E-state index in [0.717, 1.165) is 50.5 Å². The maximum atomic E-state index is 14.2. The Morgan fingerprint density at radius 2 is 1.62 bits per heavy atom. The van der Waals surface area contributed by atoms with Gasteiger partial charge in [0, 0.05) is 0 Å². The molecule has 0 aliphatic heterocycles. The SMILES string of the molecule is C[C@H]1[C@H]2C3=CC[C@@H]4[C@@]5(C)CC[C@H](O)C(C)(C)[C@@H]5CC[C@@]4(C)[C@]3(C)CC[C@@]2(C(=O)OCc2ccccc2)CC[C@@H]1C. The van der Waals surface area contributed by atoms with Crippen molar-refractivity contribution in [1.29, 1.82) is 0 Å². The van der Waals surface area contributed by atoms with E-state index in [-0.39, 0.29) is 39.7 Å². The maximum absolute atomic E-state index is 14.2. The zero-order valence-corrected chi connectivity index (χ0v) is 26.3. The van der Waals surface area contributed by atoms with Crippen LogP contribution in [0.25, 0.3) is 0 Å². The van der Waals surface area contributed by atoms with E-state index in [4.69, 9.17) is 4.74 Å². The molecule has 0 spiro atoms. The molecule has 0 heterocycles. The molecule has 0 aromatic heterocycles. The summed E-state index contributed by atoms with van der Waals surface area (Å²) < 4.78 is 6.19. The van der Waals surface area contributed by atoms with Gasteiger partial charge in [-0.25, -0.2) is 0 Å². The fourth-order valence-corrected chi connectivity index (χ4v) is 11.7. The molecule has 6 rings (SSSR count). The van der Waals surface area contributed by atoms with Gasteiger partial charge in [0.25, 0.3) is 0 Å². The van der Waals surface area contributed by atoms with Crippen LogP contribution < -0.4 is 0 Å². The highest BCUT2D eigenvalue weighted by Gasteiger charge is 2.69. The number of hydrogen-bond donors (Lipinski definition) is 1. The molecule has 4 fully saturated rings. The second-order valence-corrected chi connectivity index (χ2v) is 16.2. The lowest BCUT2D eigenvalue weighted by atomic mass is 9.33. The summed E-state index contributed by atoms with van der Waals surface area (Å²) in [5.74, 6) is 2.58. The molecule has 1 N–H and O–H groups in total. The number of aliphatic hydroxyl groups excluding tert-OH is 1. The van der Waals surface area contributed by atoms with Crippen LogP contribution in [0.4, 0.5) is 0 Å². The summed E-state index contributed by atoms with van der Waals surface area (Å²) in [6, 6.07) is 10.2. The van der Waals surface area contributed by atoms with Crippen LogP contribution in [0.1, 0.15) is 112 Å². The third kappa shape index (κ3) is 3.74. The second-order valence-electron chi connectivity index (χ2n) is 16.2. The van der Waals surface area contributed by atoms with E-state index in [1.807, 2.05) is 18.2 Å². The normalized spacial score (nSPS) is 47.5. The van der Waals surface area contributed by atoms with Gasteiger partial charge in [0.2, 0.25) is 0 Å². The number of benzene rings is 1. The molecular formula is C37H54O3. The first-order valence-electron chi connectivity index (χ1n) is 16.4. The van der Waals surface area contributed by atoms with Crippen molar-refractivity contribution < 1.29 is 14.6 Å². The maximum Gasteiger partial charge on any atom is 0.313 e. The Hall–Kier alpha value is -1.61. The molecule has 1 aromatic rings. The Morgan fingerprint density at radius 1 is 0.900 bits per heavy atom. The Morgan fingerprint density at radius 3 is 2.35 bits per heavy atom. The molecule has 0 bridgehead atoms. The Balaban J connectivity index is 1.37. The molecule has 3 heteroatoms. The monoisotopic (exact) mass is 546 g/mol. The van der Waals surface area contributed by atoms with E-state index in [2.05, 4.69) is 66.7 Å². The number of carbonyl (C=O) groups excluding carboxylic acids is 1. The average Bonchev–Trinajstić information content (AvgIpc) is 2.92. The van der Waals surface area contributed by atoms with Crippen molar-refractivity contribution in [2.75, 3.05) is 0 Å². The van der Waals surface area contributed by atoms with Gasteiger partial charge in [-0.3, -0.25) is 4.79 Å². The van der Waals surface area contributed by atoms with Gasteiger partial charge < -0.3 is 9.84 Å². The van der Waals surface area contributed by atoms with Gasteiger partial charge in [-0.2, -0.15) is 0 Å². The smallest absolute Gasteiger partial charge is 0.313 e. The van der Waals surface area contributed by atoms with Crippen LogP contribution >= 0.6 is 0 Å². The van der Waals surface area contributed by atoms with Crippen molar-refractivity contribution in [1.82, 2.24) is 0 Å². The number of hydrogen-bond acceptors (Lipinski definition) is 3. The predicted molar refractivity (Wildman–Crippen MR) is 161 cm³/mol. The summed E-state index contributed by atoms with van der Waals surface area (Å²) in [6.45, 7) is 17.7. The van der Waals surface area contributed by atoms with E-state index in [9.17, 15) is 9.90 Å². The standard InChI is InChI=1S/C37H54O3/c1-24-15-20-37(32(39)40-23-26-11-9-8-10-12-26)22-21-35(6)27(31(37)25(24)2)13-14-29-34(5)18-17-30(38)33(3,4)28(34)16-19-36(29,35)7/h8-13,24-25,28-31,38H,14-23H2,1-7H3/t24-,25+,28-,29+,30-,31-,34-,35+,36+,37-/m0/s1. The lowest BCUT2D eigenvalue weighted by Crippen LogP contribution is -2.65. The third-order valence-electron chi connectivity index (χ3n) is 14.6. The molecule has 4 saturated carbocycles. The molecule has 0 amide bonds. The Bertz CT molecular complexity index is 1170. The van der Waals surface area contributed by atoms with Crippen molar-refractivity contribution in [2.45, 2.75) is 119 Å². The van der Waals surface area contributed by atoms with Gasteiger partial charge in [0.1, 0.15) is 6.61 Å². The lowest BCUT2D eigenvalue weighted by Gasteiger charge is -2.71. The van der Waals surface area contributed by atoms with Crippen molar-refractivity contribution in [3.05, 3.63) is 47.5 Å². The molecule has 220 valence electrons. The number of carbonyl (C=O) groups is 1. The summed E-state index contributed by atoms with van der Waals surface area (Å²) >= 11 is 0. The Kier molecular flexibility index (Phi) is 6.73. The van der Waals surface area contributed by atoms with Crippen molar-refractivity contribution in [2.24, 2.45) is 56.7 Å². The van der Waals surface area contributed by atoms with Crippen molar-refractivity contribution >= 4 is 5.97 Å². The zero-order valence-electron chi connectivity index (χ0n) is 26.3. The molecule has 3 nitrogen and oxygen atoms in total. The largest absolute Gasteiger partial charge is 0.460 e. The topological polar surface area (TPSA) is 46.5 Å². The molecule has 1 aromatic carbocycles. The number of ether oxygens (including phenoxy) is 1. The first-order chi connectivity index (χ1) is 18.8. The lowest BCUT2D eigenvalue weighted by molar-refractivity contribution is -0.207. The van der Waals surface area contributed by atoms with Gasteiger partial charge in [-0.15, -0.1) is 0 Å². The van der Waals surface area contributed by atoms with Crippen LogP contribution in [-0.2, 0) is 16.1 Å². The van der Waals surface area contributed by atoms with Crippen molar-refractivity contribution in [3.63, 3.8) is 0 Å². The minimum Gasteiger partial charge on any atom is -0.460 e. The molecule has 0 unspecified atom stereocenters. The summed E-state index contributed by atoms with van der Waals surface area (Å²) in [4.78, 5) is 14.2. The van der Waals surface area contributed by atoms with E-state index in [1.54, 1.807) is 5.57 Å². The molecule has 5 aliphatic rings. The minimum absolute atomic E-state index is 0.0310. The fourth-order valence-electron chi connectivity index (χ4n) is 11.7. The number of fused-ring (bicyclic) bond motifs is 7. The van der Waals surface area contributed by atoms with E-state index in [0.29, 0.717) is 30.3 Å². The minimum atomic E-state index is -0.396. The molecule has 10 atom stereocenters. The van der Waals surface area contributed by atoms with Gasteiger partial charge in [0.15, 0.2) is 0 Å². The highest BCUT2D eigenvalue weighted by atomic mass is 16.5. The number of rotatable bonds is 3. The van der Waals surface area contributed by atoms with Crippen LogP contribution in [0, 0.1) is 56.7 Å². The average molecular weight is 547 g/mol. The fraction of sp³-hybridized carbons (Fsp3) is 0.757. The molecular weight excluding hydrogens is 492 g/mol. The molecule has 0 saturated heterocycles. The molecule has 40 heavy (non-hydrogen) atoms. The van der Waals surface area contributed by atoms with Crippen LogP contribution in [0.2, 0.25) is 0 Å². The molecule has 5 aliphatic carbocycles. The quantitative estimate of drug-likeness (QED) is 0.304. The number of esters is 1. The highest BCUT2D eigenvalue weighted by molar-refractivity contribution is 5.79. The van der Waals surface area contributed by atoms with Gasteiger partial charge >= 0.3 is 5.97 Å². The first-order valence-corrected chi connectivity index (χ1v) is 16.4. The molecule has 0 radical (unpaired) electrons. The van der Waals surface area contributed by atoms with E-state index < -0.39 is 5.41 Å². The van der Waals surface area contributed by atoms with Crippen LogP contribution in [0.5, 0.6) is 0 Å². The summed E-state index contributed by atoms with van der Waals surface area (Å²) in [7, 11) is 0. The Labute approximate surface area is 243 Å². The predicted octanol–water partition coefficient (Wildman–Crippen LogP) is 8.75. The van der Waals surface area contributed by atoms with Gasteiger partial charge in [-0.05, 0) is 115 Å². The zero-order chi connectivity index (χ0) is 28.7. The van der Waals surface area contributed by atoms with Gasteiger partial charge in [-0.1, -0.05) is 90.4 Å². The second kappa shape index (κ2) is 9.45. The number of allylic oxidation sites excluding steroid dienone is 2. The third-order valence-corrected chi connectivity index (χ3v) is 14.6. The number of aliphatic hydroxyl groups is 1. The van der Waals surface area contributed by atoms with E-state index in [1.165, 1.54) is 12.8 Å². The summed E-state index contributed by atoms with van der Waals surface area (Å²) in [5, 5.41) is 11.0. The first kappa shape index (κ1) is 28.5. The summed E-state index contributed by atoms with van der Waals surface area (Å²) in [6.07, 6.45) is 12.2. The van der Waals surface area contributed by atoms with Crippen LogP contribution in [0.15, 0.2) is 42.0 Å². The van der Waals surface area contributed by atoms with Crippen LogP contribution in [-0.4, -0.2) is 17.2 Å². The highest BCUT2D eigenvalue weighted by Crippen LogP contribution is 2.75.